The molecule has 2 aliphatic carbocycles. The molecule has 3 aliphatic rings. The van der Waals surface area contributed by atoms with E-state index in [1.54, 1.807) is 13.0 Å². The Balaban J connectivity index is 1.42. The number of carbonyl (C=O) groups excluding carboxylic acids is 2. The lowest BCUT2D eigenvalue weighted by Gasteiger charge is -2.48. The smallest absolute Gasteiger partial charge is 0.330 e. The summed E-state index contributed by atoms with van der Waals surface area (Å²) in [7, 11) is 0. The van der Waals surface area contributed by atoms with Crippen LogP contribution in [0.3, 0.4) is 0 Å². The number of fused-ring (bicyclic) bond motifs is 7. The van der Waals surface area contributed by atoms with Crippen molar-refractivity contribution >= 4 is 17.8 Å². The Morgan fingerprint density at radius 3 is 2.53 bits per heavy atom. The third-order valence-electron chi connectivity index (χ3n) is 8.69. The normalized spacial score (nSPS) is 31.9. The molecule has 1 heterocycles. The average Bonchev–Trinajstić information content (AvgIpc) is 3.35. The monoisotopic (exact) mass is 430 g/mol. The maximum atomic E-state index is 13.3. The quantitative estimate of drug-likeness (QED) is 0.346. The molecule has 4 nitrogen and oxygen atoms in total. The van der Waals surface area contributed by atoms with Crippen molar-refractivity contribution in [2.24, 2.45) is 11.3 Å². The summed E-state index contributed by atoms with van der Waals surface area (Å²) in [5.74, 6) is 1.13. The van der Waals surface area contributed by atoms with E-state index in [9.17, 15) is 9.59 Å². The molecule has 2 bridgehead atoms. The summed E-state index contributed by atoms with van der Waals surface area (Å²) in [4.78, 5) is 24.8. The number of hydrogen-bond acceptors (Lipinski definition) is 4. The van der Waals surface area contributed by atoms with Crippen molar-refractivity contribution in [2.75, 3.05) is 6.61 Å². The van der Waals surface area contributed by atoms with Crippen LogP contribution in [0.1, 0.15) is 74.0 Å². The van der Waals surface area contributed by atoms with Gasteiger partial charge < -0.3 is 9.47 Å². The van der Waals surface area contributed by atoms with Gasteiger partial charge in [-0.25, -0.2) is 4.79 Å². The van der Waals surface area contributed by atoms with E-state index in [4.69, 9.17) is 9.47 Å². The maximum absolute atomic E-state index is 13.3. The molecule has 2 saturated carbocycles. The fourth-order valence-corrected chi connectivity index (χ4v) is 6.60. The average molecular weight is 431 g/mol. The Kier molecular flexibility index (Phi) is 4.63. The highest BCUT2D eigenvalue weighted by molar-refractivity contribution is 6.09. The minimum absolute atomic E-state index is 0.000709. The summed E-state index contributed by atoms with van der Waals surface area (Å²) in [6.45, 7) is 9.13. The molecule has 32 heavy (non-hydrogen) atoms. The lowest BCUT2D eigenvalue weighted by atomic mass is 9.56. The summed E-state index contributed by atoms with van der Waals surface area (Å²) in [6, 6.07) is 13.2. The second-order valence-electron chi connectivity index (χ2n) is 10.1. The van der Waals surface area contributed by atoms with E-state index in [0.717, 1.165) is 11.3 Å². The number of esters is 1. The third-order valence-corrected chi connectivity index (χ3v) is 8.69. The Labute approximate surface area is 189 Å². The minimum Gasteiger partial charge on any atom is -0.486 e. The predicted octanol–water partition coefficient (Wildman–Crippen LogP) is 5.72. The van der Waals surface area contributed by atoms with Crippen molar-refractivity contribution in [3.8, 4) is 5.75 Å². The second kappa shape index (κ2) is 7.06. The number of rotatable bonds is 5. The van der Waals surface area contributed by atoms with E-state index >= 15 is 0 Å². The molecular formula is C28H30O4. The van der Waals surface area contributed by atoms with Crippen molar-refractivity contribution in [3.63, 3.8) is 0 Å². The van der Waals surface area contributed by atoms with Gasteiger partial charge in [0.2, 0.25) is 0 Å². The lowest BCUT2D eigenvalue weighted by Crippen LogP contribution is -2.54. The lowest BCUT2D eigenvalue weighted by molar-refractivity contribution is -0.137. The van der Waals surface area contributed by atoms with E-state index < -0.39 is 0 Å². The summed E-state index contributed by atoms with van der Waals surface area (Å²) in [6.07, 6.45) is 6.72. The molecule has 2 fully saturated rings. The van der Waals surface area contributed by atoms with Gasteiger partial charge in [-0.2, -0.15) is 0 Å². The van der Waals surface area contributed by atoms with Gasteiger partial charge in [-0.1, -0.05) is 38.1 Å². The van der Waals surface area contributed by atoms with Crippen LogP contribution in [0.5, 0.6) is 5.75 Å². The van der Waals surface area contributed by atoms with Crippen LogP contribution < -0.4 is 4.74 Å². The van der Waals surface area contributed by atoms with Crippen molar-refractivity contribution in [1.29, 1.82) is 0 Å². The third kappa shape index (κ3) is 2.74. The van der Waals surface area contributed by atoms with Gasteiger partial charge in [-0.15, -0.1) is 0 Å². The number of carbonyl (C=O) groups is 2. The first-order valence-electron chi connectivity index (χ1n) is 11.5. The zero-order chi connectivity index (χ0) is 22.7. The van der Waals surface area contributed by atoms with Gasteiger partial charge in [0.25, 0.3) is 0 Å². The fraction of sp³-hybridized carbons (Fsp3) is 0.429. The molecule has 0 N–H and O–H groups in total. The van der Waals surface area contributed by atoms with Crippen LogP contribution in [0.25, 0.3) is 6.08 Å². The van der Waals surface area contributed by atoms with Gasteiger partial charge in [0.05, 0.1) is 6.61 Å². The van der Waals surface area contributed by atoms with Crippen molar-refractivity contribution in [2.45, 2.75) is 58.0 Å². The zero-order valence-corrected chi connectivity index (χ0v) is 19.2. The van der Waals surface area contributed by atoms with Crippen LogP contribution in [0.15, 0.2) is 48.5 Å². The Morgan fingerprint density at radius 2 is 1.81 bits per heavy atom. The maximum Gasteiger partial charge on any atom is 0.330 e. The van der Waals surface area contributed by atoms with Crippen LogP contribution in [-0.2, 0) is 14.9 Å². The van der Waals surface area contributed by atoms with Crippen LogP contribution in [0.2, 0.25) is 0 Å². The standard InChI is InChI=1S/C28H30O4/c1-5-31-24(29)13-8-18-6-9-19(10-7-18)25(30)20-11-12-23-22(16-20)27(3)26(2)15-14-21(17-26)28(27,4)32-23/h6-13,16,21H,5,14-15,17H2,1-4H3/b13-8+. The molecule has 0 spiro atoms. The van der Waals surface area contributed by atoms with E-state index in [1.807, 2.05) is 36.4 Å². The van der Waals surface area contributed by atoms with Crippen LogP contribution in [0.4, 0.5) is 0 Å². The van der Waals surface area contributed by atoms with E-state index in [0.29, 0.717) is 23.7 Å². The Morgan fingerprint density at radius 1 is 1.09 bits per heavy atom. The van der Waals surface area contributed by atoms with Gasteiger partial charge in [-0.3, -0.25) is 4.79 Å². The van der Waals surface area contributed by atoms with Gasteiger partial charge in [-0.05, 0) is 74.3 Å². The highest BCUT2D eigenvalue weighted by Gasteiger charge is 2.73. The molecule has 0 amide bonds. The first-order chi connectivity index (χ1) is 15.2. The van der Waals surface area contributed by atoms with Crippen molar-refractivity contribution in [1.82, 2.24) is 0 Å². The molecule has 4 atom stereocenters. The summed E-state index contributed by atoms with van der Waals surface area (Å²) < 4.78 is 11.5. The van der Waals surface area contributed by atoms with Gasteiger partial charge in [0, 0.05) is 28.2 Å². The number of ketones is 1. The minimum atomic E-state index is -0.372. The highest BCUT2D eigenvalue weighted by atomic mass is 16.5. The van der Waals surface area contributed by atoms with Crippen molar-refractivity contribution < 1.29 is 19.1 Å². The van der Waals surface area contributed by atoms with Gasteiger partial charge >= 0.3 is 5.97 Å². The molecule has 0 radical (unpaired) electrons. The summed E-state index contributed by atoms with van der Waals surface area (Å²) in [5, 5.41) is 0. The molecule has 2 aromatic rings. The summed E-state index contributed by atoms with van der Waals surface area (Å²) in [5.41, 5.74) is 3.27. The molecule has 4 unspecified atom stereocenters. The molecule has 5 rings (SSSR count). The second-order valence-corrected chi connectivity index (χ2v) is 10.1. The van der Waals surface area contributed by atoms with Crippen LogP contribution in [0, 0.1) is 11.3 Å². The molecule has 4 heteroatoms. The number of hydrogen-bond donors (Lipinski definition) is 0. The first kappa shape index (κ1) is 21.0. The zero-order valence-electron chi connectivity index (χ0n) is 19.2. The fourth-order valence-electron chi connectivity index (χ4n) is 6.60. The van der Waals surface area contributed by atoms with E-state index in [2.05, 4.69) is 26.8 Å². The van der Waals surface area contributed by atoms with Crippen LogP contribution in [-0.4, -0.2) is 24.0 Å². The number of ether oxygens (including phenoxy) is 2. The summed E-state index contributed by atoms with van der Waals surface area (Å²) >= 11 is 0. The largest absolute Gasteiger partial charge is 0.486 e. The number of benzene rings is 2. The molecular weight excluding hydrogens is 400 g/mol. The predicted molar refractivity (Wildman–Crippen MR) is 124 cm³/mol. The van der Waals surface area contributed by atoms with Gasteiger partial charge in [0.15, 0.2) is 5.78 Å². The molecule has 2 aromatic carbocycles. The first-order valence-corrected chi connectivity index (χ1v) is 11.5. The van der Waals surface area contributed by atoms with E-state index in [-0.39, 0.29) is 28.2 Å². The van der Waals surface area contributed by atoms with Gasteiger partial charge in [0.1, 0.15) is 11.4 Å². The molecule has 0 aromatic heterocycles. The topological polar surface area (TPSA) is 52.6 Å². The molecule has 166 valence electrons. The highest BCUT2D eigenvalue weighted by Crippen LogP contribution is 2.73. The molecule has 1 aliphatic heterocycles. The molecule has 0 saturated heterocycles. The SMILES string of the molecule is CCOC(=O)/C=C/c1ccc(C(=O)c2ccc3c(c2)C2(C)C4(C)CCC(C4)C2(C)O3)cc1. The van der Waals surface area contributed by atoms with Crippen LogP contribution >= 0.6 is 0 Å². The van der Waals surface area contributed by atoms with Crippen molar-refractivity contribution in [3.05, 3.63) is 70.8 Å². The Bertz CT molecular complexity index is 1130. The van der Waals surface area contributed by atoms with E-state index in [1.165, 1.54) is 30.9 Å². The Hall–Kier alpha value is -2.88.